The third kappa shape index (κ3) is 4.80. The fourth-order valence-corrected chi connectivity index (χ4v) is 1.10. The molecule has 0 saturated heterocycles. The number of carboxylic acid groups (broad SMARTS) is 1. The molecule has 13 heavy (non-hydrogen) atoms. The summed E-state index contributed by atoms with van der Waals surface area (Å²) in [6, 6.07) is -0.251. The van der Waals surface area contributed by atoms with Crippen LogP contribution in [0.3, 0.4) is 0 Å². The Hall–Kier alpha value is -0.680. The van der Waals surface area contributed by atoms with Crippen molar-refractivity contribution in [3.05, 3.63) is 0 Å². The van der Waals surface area contributed by atoms with Crippen LogP contribution >= 0.6 is 12.2 Å². The average molecular weight is 204 g/mol. The van der Waals surface area contributed by atoms with Crippen LogP contribution in [0.25, 0.3) is 0 Å². The highest BCUT2D eigenvalue weighted by atomic mass is 32.1. The molecule has 0 saturated carbocycles. The third-order valence-corrected chi connectivity index (χ3v) is 2.39. The Balaban J connectivity index is 3.89. The van der Waals surface area contributed by atoms with E-state index in [0.717, 1.165) is 6.42 Å². The molecule has 0 amide bonds. The molecule has 2 atom stereocenters. The number of nitrogens with one attached hydrogen (secondary N) is 1. The molecule has 0 fully saturated rings. The molecule has 0 aliphatic rings. The van der Waals surface area contributed by atoms with Crippen LogP contribution in [0.5, 0.6) is 0 Å². The normalized spacial score (nSPS) is 14.7. The van der Waals surface area contributed by atoms with Crippen molar-refractivity contribution in [3.63, 3.8) is 0 Å². The molecule has 0 aromatic rings. The Morgan fingerprint density at radius 1 is 1.69 bits per heavy atom. The summed E-state index contributed by atoms with van der Waals surface area (Å²) in [6.07, 6.45) is 0.927. The summed E-state index contributed by atoms with van der Waals surface area (Å²) in [5, 5.41) is 11.0. The number of carbonyl (C=O) groups is 1. The predicted octanol–water partition coefficient (Wildman–Crippen LogP) is 0.361. The van der Waals surface area contributed by atoms with Crippen molar-refractivity contribution in [1.29, 1.82) is 0 Å². The molecule has 76 valence electrons. The van der Waals surface area contributed by atoms with Gasteiger partial charge in [0.15, 0.2) is 0 Å². The smallest absolute Gasteiger partial charge is 0.322 e. The maximum atomic E-state index is 10.2. The van der Waals surface area contributed by atoms with Crippen molar-refractivity contribution < 1.29 is 9.90 Å². The molecule has 0 heterocycles. The lowest BCUT2D eigenvalue weighted by Gasteiger charge is -2.19. The number of thiocarbonyl (C=S) groups is 1. The van der Waals surface area contributed by atoms with Crippen molar-refractivity contribution in [3.8, 4) is 0 Å². The summed E-state index contributed by atoms with van der Waals surface area (Å²) in [4.78, 5) is 10.6. The maximum absolute atomic E-state index is 10.2. The first-order chi connectivity index (χ1) is 5.99. The zero-order valence-electron chi connectivity index (χ0n) is 7.91. The molecule has 0 radical (unpaired) electrons. The van der Waals surface area contributed by atoms with Crippen molar-refractivity contribution in [2.24, 2.45) is 11.7 Å². The summed E-state index contributed by atoms with van der Waals surface area (Å²) >= 11 is 4.94. The largest absolute Gasteiger partial charge is 0.480 e. The maximum Gasteiger partial charge on any atom is 0.322 e. The van der Waals surface area contributed by atoms with Gasteiger partial charge in [-0.2, -0.15) is 0 Å². The van der Waals surface area contributed by atoms with E-state index in [1.54, 1.807) is 0 Å². The molecule has 4 nitrogen and oxygen atoms in total. The van der Waals surface area contributed by atoms with E-state index >= 15 is 0 Å². The second kappa shape index (κ2) is 5.88. The molecule has 0 bridgehead atoms. The SMILES string of the molecule is CCC(C)[C@H](N)C(=S)NCC(=O)O. The summed E-state index contributed by atoms with van der Waals surface area (Å²) in [6.45, 7) is 3.84. The van der Waals surface area contributed by atoms with E-state index in [1.165, 1.54) is 0 Å². The molecular weight excluding hydrogens is 188 g/mol. The highest BCUT2D eigenvalue weighted by molar-refractivity contribution is 7.80. The fourth-order valence-electron chi connectivity index (χ4n) is 0.793. The second-order valence-corrected chi connectivity index (χ2v) is 3.46. The first-order valence-electron chi connectivity index (χ1n) is 4.24. The van der Waals surface area contributed by atoms with Crippen molar-refractivity contribution in [2.75, 3.05) is 6.54 Å². The Bertz CT molecular complexity index is 197. The Morgan fingerprint density at radius 2 is 2.23 bits per heavy atom. The van der Waals surface area contributed by atoms with Crippen LogP contribution < -0.4 is 11.1 Å². The van der Waals surface area contributed by atoms with E-state index in [4.69, 9.17) is 23.1 Å². The van der Waals surface area contributed by atoms with Crippen molar-refractivity contribution in [2.45, 2.75) is 26.3 Å². The molecule has 0 rings (SSSR count). The first-order valence-corrected chi connectivity index (χ1v) is 4.65. The van der Waals surface area contributed by atoms with E-state index < -0.39 is 5.97 Å². The van der Waals surface area contributed by atoms with E-state index in [1.807, 2.05) is 13.8 Å². The zero-order chi connectivity index (χ0) is 10.4. The number of hydrogen-bond donors (Lipinski definition) is 3. The molecular formula is C8H16N2O2S. The number of hydrogen-bond acceptors (Lipinski definition) is 3. The Kier molecular flexibility index (Phi) is 5.57. The van der Waals surface area contributed by atoms with E-state index in [2.05, 4.69) is 5.32 Å². The summed E-state index contributed by atoms with van der Waals surface area (Å²) in [7, 11) is 0. The van der Waals surface area contributed by atoms with Gasteiger partial charge in [-0.3, -0.25) is 4.79 Å². The minimum atomic E-state index is -0.932. The van der Waals surface area contributed by atoms with Gasteiger partial charge in [0.1, 0.15) is 6.54 Å². The van der Waals surface area contributed by atoms with Gasteiger partial charge < -0.3 is 16.2 Å². The summed E-state index contributed by atoms with van der Waals surface area (Å²) in [5.41, 5.74) is 5.76. The van der Waals surface area contributed by atoms with Gasteiger partial charge in [-0.05, 0) is 5.92 Å². The highest BCUT2D eigenvalue weighted by Gasteiger charge is 2.15. The van der Waals surface area contributed by atoms with Crippen molar-refractivity contribution >= 4 is 23.2 Å². The molecule has 4 N–H and O–H groups in total. The topological polar surface area (TPSA) is 75.3 Å². The minimum absolute atomic E-state index is 0.164. The molecule has 0 aliphatic heterocycles. The van der Waals surface area contributed by atoms with Crippen LogP contribution in [0, 0.1) is 5.92 Å². The molecule has 1 unspecified atom stereocenters. The van der Waals surface area contributed by atoms with Gasteiger partial charge in [-0.15, -0.1) is 0 Å². The van der Waals surface area contributed by atoms with E-state index in [0.29, 0.717) is 4.99 Å². The average Bonchev–Trinajstić information content (AvgIpc) is 2.11. The van der Waals surface area contributed by atoms with Crippen LogP contribution in [0.1, 0.15) is 20.3 Å². The third-order valence-electron chi connectivity index (χ3n) is 1.97. The number of carboxylic acids is 1. The monoisotopic (exact) mass is 204 g/mol. The number of rotatable bonds is 5. The number of aliphatic carboxylic acids is 1. The van der Waals surface area contributed by atoms with Gasteiger partial charge in [-0.25, -0.2) is 0 Å². The van der Waals surface area contributed by atoms with Gasteiger partial charge >= 0.3 is 5.97 Å². The molecule has 0 aromatic carbocycles. The quantitative estimate of drug-likeness (QED) is 0.564. The minimum Gasteiger partial charge on any atom is -0.480 e. The molecule has 5 heteroatoms. The lowest BCUT2D eigenvalue weighted by Crippen LogP contribution is -2.44. The molecule has 0 spiro atoms. The lowest BCUT2D eigenvalue weighted by molar-refractivity contribution is -0.135. The van der Waals surface area contributed by atoms with Crippen LogP contribution in [-0.4, -0.2) is 28.7 Å². The van der Waals surface area contributed by atoms with Gasteiger partial charge in [0.2, 0.25) is 0 Å². The zero-order valence-corrected chi connectivity index (χ0v) is 8.73. The Labute approximate surface area is 83.5 Å². The summed E-state index contributed by atoms with van der Waals surface area (Å²) < 4.78 is 0. The van der Waals surface area contributed by atoms with E-state index in [9.17, 15) is 4.79 Å². The second-order valence-electron chi connectivity index (χ2n) is 3.02. The lowest BCUT2D eigenvalue weighted by atomic mass is 10.0. The van der Waals surface area contributed by atoms with Crippen LogP contribution in [0.2, 0.25) is 0 Å². The Morgan fingerprint density at radius 3 is 2.62 bits per heavy atom. The summed E-state index contributed by atoms with van der Waals surface area (Å²) in [5.74, 6) is -0.660. The van der Waals surface area contributed by atoms with Crippen LogP contribution in [0.4, 0.5) is 0 Å². The van der Waals surface area contributed by atoms with Gasteiger partial charge in [0.05, 0.1) is 11.0 Å². The van der Waals surface area contributed by atoms with E-state index in [-0.39, 0.29) is 18.5 Å². The fraction of sp³-hybridized carbons (Fsp3) is 0.750. The van der Waals surface area contributed by atoms with Crippen molar-refractivity contribution in [1.82, 2.24) is 5.32 Å². The first kappa shape index (κ1) is 12.3. The standard InChI is InChI=1S/C8H16N2O2S/c1-3-5(2)7(9)8(13)10-4-6(11)12/h5,7H,3-4,9H2,1-2H3,(H,10,13)(H,11,12)/t5?,7-/m0/s1. The number of nitrogens with two attached hydrogens (primary N) is 1. The molecule has 0 aliphatic carbocycles. The van der Waals surface area contributed by atoms with Crippen LogP contribution in [-0.2, 0) is 4.79 Å². The highest BCUT2D eigenvalue weighted by Crippen LogP contribution is 2.05. The van der Waals surface area contributed by atoms with Gasteiger partial charge in [-0.1, -0.05) is 32.5 Å². The predicted molar refractivity (Wildman–Crippen MR) is 55.7 cm³/mol. The van der Waals surface area contributed by atoms with Gasteiger partial charge in [0.25, 0.3) is 0 Å². The van der Waals surface area contributed by atoms with Crippen LogP contribution in [0.15, 0.2) is 0 Å². The molecule has 0 aromatic heterocycles. The van der Waals surface area contributed by atoms with Gasteiger partial charge in [0, 0.05) is 0 Å².